The van der Waals surface area contributed by atoms with Crippen molar-refractivity contribution in [3.05, 3.63) is 48.0 Å². The second-order valence-electron chi connectivity index (χ2n) is 7.43. The van der Waals surface area contributed by atoms with Gasteiger partial charge in [-0.05, 0) is 55.7 Å². The molecule has 0 aromatic heterocycles. The molecule has 0 bridgehead atoms. The number of amides is 1. The van der Waals surface area contributed by atoms with Crippen molar-refractivity contribution in [1.29, 1.82) is 5.26 Å². The predicted octanol–water partition coefficient (Wildman–Crippen LogP) is 4.74. The van der Waals surface area contributed by atoms with Crippen molar-refractivity contribution in [2.24, 2.45) is 0 Å². The summed E-state index contributed by atoms with van der Waals surface area (Å²) < 4.78 is 10.9. The van der Waals surface area contributed by atoms with Crippen LogP contribution in [0, 0.1) is 11.3 Å². The van der Waals surface area contributed by atoms with Gasteiger partial charge in [-0.2, -0.15) is 5.26 Å². The van der Waals surface area contributed by atoms with Crippen LogP contribution in [0.3, 0.4) is 0 Å². The van der Waals surface area contributed by atoms with Crippen molar-refractivity contribution in [2.75, 3.05) is 37.0 Å². The van der Waals surface area contributed by atoms with Gasteiger partial charge in [0.2, 0.25) is 5.91 Å². The van der Waals surface area contributed by atoms with Gasteiger partial charge in [-0.1, -0.05) is 12.8 Å². The van der Waals surface area contributed by atoms with Crippen molar-refractivity contribution >= 4 is 17.3 Å². The molecule has 6 nitrogen and oxygen atoms in total. The van der Waals surface area contributed by atoms with Gasteiger partial charge in [-0.3, -0.25) is 4.79 Å². The molecule has 1 aliphatic rings. The predicted molar refractivity (Wildman–Crippen MR) is 118 cm³/mol. The molecule has 1 aliphatic heterocycles. The molecule has 2 aromatic carbocycles. The second kappa shape index (κ2) is 11.1. The number of carbonyl (C=O) groups is 1. The Morgan fingerprint density at radius 1 is 1.07 bits per heavy atom. The van der Waals surface area contributed by atoms with Crippen LogP contribution in [-0.4, -0.2) is 32.7 Å². The highest BCUT2D eigenvalue weighted by Crippen LogP contribution is 2.28. The Bertz CT molecular complexity index is 866. The Morgan fingerprint density at radius 2 is 1.80 bits per heavy atom. The lowest BCUT2D eigenvalue weighted by Crippen LogP contribution is -2.23. The van der Waals surface area contributed by atoms with Gasteiger partial charge in [-0.25, -0.2) is 0 Å². The maximum Gasteiger partial charge on any atom is 0.224 e. The first-order chi connectivity index (χ1) is 14.7. The number of methoxy groups -OCH3 is 1. The van der Waals surface area contributed by atoms with E-state index in [1.165, 1.54) is 38.5 Å². The molecule has 3 rings (SSSR count). The van der Waals surface area contributed by atoms with Gasteiger partial charge in [0.1, 0.15) is 0 Å². The van der Waals surface area contributed by atoms with Crippen LogP contribution in [0.5, 0.6) is 11.5 Å². The minimum atomic E-state index is -0.0343. The van der Waals surface area contributed by atoms with Gasteiger partial charge in [0, 0.05) is 37.0 Å². The smallest absolute Gasteiger partial charge is 0.224 e. The standard InChI is InChI=1S/C24H29N3O3/c1-29-23-17-19(18-25)8-13-22(23)30-16-6-7-24(28)26-20-9-11-21(12-10-20)27-14-4-2-3-5-15-27/h8-13,17H,2-7,14-16H2,1H3,(H,26,28). The number of nitrogens with one attached hydrogen (secondary N) is 1. The average molecular weight is 408 g/mol. The van der Waals surface area contributed by atoms with Gasteiger partial charge in [0.15, 0.2) is 11.5 Å². The third-order valence-corrected chi connectivity index (χ3v) is 5.22. The summed E-state index contributed by atoms with van der Waals surface area (Å²) in [5.74, 6) is 1.05. The number of rotatable bonds is 8. The summed E-state index contributed by atoms with van der Waals surface area (Å²) in [5, 5.41) is 11.9. The molecular weight excluding hydrogens is 378 g/mol. The van der Waals surface area contributed by atoms with E-state index in [1.807, 2.05) is 12.1 Å². The van der Waals surface area contributed by atoms with Crippen molar-refractivity contribution in [2.45, 2.75) is 38.5 Å². The zero-order valence-corrected chi connectivity index (χ0v) is 17.5. The fraction of sp³-hybridized carbons (Fsp3) is 0.417. The lowest BCUT2D eigenvalue weighted by Gasteiger charge is -2.22. The van der Waals surface area contributed by atoms with Crippen LogP contribution in [0.25, 0.3) is 0 Å². The third-order valence-electron chi connectivity index (χ3n) is 5.22. The number of nitrogens with zero attached hydrogens (tertiary/aromatic N) is 2. The fourth-order valence-corrected chi connectivity index (χ4v) is 3.58. The van der Waals surface area contributed by atoms with Crippen molar-refractivity contribution < 1.29 is 14.3 Å². The van der Waals surface area contributed by atoms with Gasteiger partial charge in [-0.15, -0.1) is 0 Å². The molecule has 1 saturated heterocycles. The van der Waals surface area contributed by atoms with E-state index >= 15 is 0 Å². The van der Waals surface area contributed by atoms with E-state index in [-0.39, 0.29) is 5.91 Å². The van der Waals surface area contributed by atoms with E-state index in [0.717, 1.165) is 18.8 Å². The number of hydrogen-bond acceptors (Lipinski definition) is 5. The number of nitriles is 1. The molecule has 1 heterocycles. The number of hydrogen-bond donors (Lipinski definition) is 1. The quantitative estimate of drug-likeness (QED) is 0.640. The SMILES string of the molecule is COc1cc(C#N)ccc1OCCCC(=O)Nc1ccc(N2CCCCCC2)cc1. The topological polar surface area (TPSA) is 74.6 Å². The van der Waals surface area contributed by atoms with Crippen LogP contribution in [0.2, 0.25) is 0 Å². The molecule has 0 radical (unpaired) electrons. The molecule has 6 heteroatoms. The second-order valence-corrected chi connectivity index (χ2v) is 7.43. The lowest BCUT2D eigenvalue weighted by molar-refractivity contribution is -0.116. The molecular formula is C24H29N3O3. The molecule has 30 heavy (non-hydrogen) atoms. The minimum absolute atomic E-state index is 0.0343. The van der Waals surface area contributed by atoms with E-state index in [0.29, 0.717) is 36.5 Å². The zero-order valence-electron chi connectivity index (χ0n) is 17.5. The molecule has 1 N–H and O–H groups in total. The van der Waals surface area contributed by atoms with Crippen LogP contribution in [-0.2, 0) is 4.79 Å². The van der Waals surface area contributed by atoms with Crippen molar-refractivity contribution in [1.82, 2.24) is 0 Å². The summed E-state index contributed by atoms with van der Waals surface area (Å²) in [6.45, 7) is 2.61. The van der Waals surface area contributed by atoms with E-state index in [9.17, 15) is 4.79 Å². The van der Waals surface area contributed by atoms with Crippen LogP contribution >= 0.6 is 0 Å². The van der Waals surface area contributed by atoms with Crippen LogP contribution < -0.4 is 19.7 Å². The molecule has 2 aromatic rings. The molecule has 0 saturated carbocycles. The molecule has 158 valence electrons. The maximum atomic E-state index is 12.2. The Balaban J connectivity index is 1.42. The van der Waals surface area contributed by atoms with Gasteiger partial charge in [0.25, 0.3) is 0 Å². The molecule has 0 unspecified atom stereocenters. The highest BCUT2D eigenvalue weighted by molar-refractivity contribution is 5.90. The molecule has 0 aliphatic carbocycles. The fourth-order valence-electron chi connectivity index (χ4n) is 3.58. The Morgan fingerprint density at radius 3 is 2.47 bits per heavy atom. The summed E-state index contributed by atoms with van der Waals surface area (Å²) >= 11 is 0. The van der Waals surface area contributed by atoms with Crippen LogP contribution in [0.15, 0.2) is 42.5 Å². The first-order valence-corrected chi connectivity index (χ1v) is 10.6. The summed E-state index contributed by atoms with van der Waals surface area (Å²) in [7, 11) is 1.54. The van der Waals surface area contributed by atoms with Crippen LogP contribution in [0.4, 0.5) is 11.4 Å². The average Bonchev–Trinajstić information content (AvgIpc) is 3.07. The number of benzene rings is 2. The Labute approximate surface area is 178 Å². The van der Waals surface area contributed by atoms with Crippen molar-refractivity contribution in [3.63, 3.8) is 0 Å². The van der Waals surface area contributed by atoms with E-state index < -0.39 is 0 Å². The first kappa shape index (κ1) is 21.5. The number of ether oxygens (including phenoxy) is 2. The number of anilines is 2. The van der Waals surface area contributed by atoms with Crippen molar-refractivity contribution in [3.8, 4) is 17.6 Å². The van der Waals surface area contributed by atoms with Gasteiger partial charge < -0.3 is 19.7 Å². The molecule has 1 fully saturated rings. The minimum Gasteiger partial charge on any atom is -0.493 e. The van der Waals surface area contributed by atoms with Crippen LogP contribution in [0.1, 0.15) is 44.1 Å². The summed E-state index contributed by atoms with van der Waals surface area (Å²) in [6.07, 6.45) is 6.07. The van der Waals surface area contributed by atoms with Gasteiger partial charge >= 0.3 is 0 Å². The summed E-state index contributed by atoms with van der Waals surface area (Å²) in [4.78, 5) is 14.6. The highest BCUT2D eigenvalue weighted by atomic mass is 16.5. The maximum absolute atomic E-state index is 12.2. The highest BCUT2D eigenvalue weighted by Gasteiger charge is 2.10. The van der Waals surface area contributed by atoms with E-state index in [1.54, 1.807) is 18.2 Å². The molecule has 1 amide bonds. The number of carbonyl (C=O) groups excluding carboxylic acids is 1. The Hall–Kier alpha value is -3.20. The monoisotopic (exact) mass is 407 g/mol. The first-order valence-electron chi connectivity index (χ1n) is 10.6. The third kappa shape index (κ3) is 6.15. The lowest BCUT2D eigenvalue weighted by atomic mass is 10.2. The summed E-state index contributed by atoms with van der Waals surface area (Å²) in [5.41, 5.74) is 2.55. The zero-order chi connectivity index (χ0) is 21.2. The molecule has 0 atom stereocenters. The van der Waals surface area contributed by atoms with Gasteiger partial charge in [0.05, 0.1) is 25.3 Å². The molecule has 0 spiro atoms. The van der Waals surface area contributed by atoms with E-state index in [2.05, 4.69) is 28.4 Å². The normalized spacial score (nSPS) is 13.8. The Kier molecular flexibility index (Phi) is 7.96. The largest absolute Gasteiger partial charge is 0.493 e. The van der Waals surface area contributed by atoms with E-state index in [4.69, 9.17) is 14.7 Å². The summed E-state index contributed by atoms with van der Waals surface area (Å²) in [6, 6.07) is 15.2.